The third-order valence-electron chi connectivity index (χ3n) is 1.55. The largest absolute Gasteiger partial charge is 0.283 e. The van der Waals surface area contributed by atoms with Crippen molar-refractivity contribution in [3.8, 4) is 0 Å². The summed E-state index contributed by atoms with van der Waals surface area (Å²) >= 11 is 0. The SMILES string of the molecule is CCP(=O)(F)c1ccccc1. The van der Waals surface area contributed by atoms with Crippen LogP contribution < -0.4 is 5.30 Å². The number of hydrogen-bond donors (Lipinski definition) is 0. The fourth-order valence-electron chi connectivity index (χ4n) is 0.833. The molecule has 0 aliphatic carbocycles. The Kier molecular flexibility index (Phi) is 2.45. The van der Waals surface area contributed by atoms with Crippen LogP contribution in [0.15, 0.2) is 30.3 Å². The first-order valence-electron chi connectivity index (χ1n) is 3.51. The van der Waals surface area contributed by atoms with Crippen molar-refractivity contribution in [2.75, 3.05) is 6.16 Å². The van der Waals surface area contributed by atoms with Crippen molar-refractivity contribution in [2.45, 2.75) is 6.92 Å². The van der Waals surface area contributed by atoms with Gasteiger partial charge in [-0.15, -0.1) is 0 Å². The van der Waals surface area contributed by atoms with Crippen molar-refractivity contribution in [1.29, 1.82) is 0 Å². The van der Waals surface area contributed by atoms with Gasteiger partial charge >= 0.3 is 0 Å². The van der Waals surface area contributed by atoms with Gasteiger partial charge in [-0.3, -0.25) is 4.57 Å². The molecule has 1 aromatic rings. The molecule has 1 aromatic carbocycles. The Morgan fingerprint density at radius 1 is 1.36 bits per heavy atom. The first-order valence-corrected chi connectivity index (χ1v) is 5.29. The fourth-order valence-corrected chi connectivity index (χ4v) is 1.82. The molecule has 0 amide bonds. The molecule has 1 unspecified atom stereocenters. The van der Waals surface area contributed by atoms with Gasteiger partial charge in [0.1, 0.15) is 0 Å². The number of benzene rings is 1. The number of hydrogen-bond acceptors (Lipinski definition) is 1. The van der Waals surface area contributed by atoms with Gasteiger partial charge < -0.3 is 0 Å². The van der Waals surface area contributed by atoms with Crippen molar-refractivity contribution < 1.29 is 8.76 Å². The molecule has 0 spiro atoms. The zero-order valence-electron chi connectivity index (χ0n) is 6.33. The Morgan fingerprint density at radius 3 is 2.36 bits per heavy atom. The molecule has 1 nitrogen and oxygen atoms in total. The molecule has 0 radical (unpaired) electrons. The molecule has 1 atom stereocenters. The molecule has 11 heavy (non-hydrogen) atoms. The maximum absolute atomic E-state index is 13.1. The van der Waals surface area contributed by atoms with E-state index < -0.39 is 7.45 Å². The van der Waals surface area contributed by atoms with E-state index >= 15 is 0 Å². The van der Waals surface area contributed by atoms with Gasteiger partial charge in [-0.25, -0.2) is 0 Å². The summed E-state index contributed by atoms with van der Waals surface area (Å²) in [5.41, 5.74) is 0. The van der Waals surface area contributed by atoms with Crippen LogP contribution in [0.5, 0.6) is 0 Å². The minimum atomic E-state index is -3.53. The molecule has 0 bridgehead atoms. The van der Waals surface area contributed by atoms with Gasteiger partial charge in [-0.1, -0.05) is 25.1 Å². The predicted molar refractivity (Wildman–Crippen MR) is 45.3 cm³/mol. The van der Waals surface area contributed by atoms with Gasteiger partial charge in [0.25, 0.3) is 7.45 Å². The van der Waals surface area contributed by atoms with Gasteiger partial charge in [-0.05, 0) is 12.1 Å². The number of halogens is 1. The molecule has 60 valence electrons. The molecule has 0 saturated carbocycles. The quantitative estimate of drug-likeness (QED) is 0.626. The summed E-state index contributed by atoms with van der Waals surface area (Å²) in [6, 6.07) is 8.28. The molecule has 0 aliphatic heterocycles. The smallest absolute Gasteiger partial charge is 0.271 e. The second-order valence-electron chi connectivity index (χ2n) is 2.30. The van der Waals surface area contributed by atoms with Gasteiger partial charge in [0, 0.05) is 11.5 Å². The van der Waals surface area contributed by atoms with E-state index in [1.807, 2.05) is 0 Å². The molecular weight excluding hydrogens is 162 g/mol. The van der Waals surface area contributed by atoms with Crippen molar-refractivity contribution in [2.24, 2.45) is 0 Å². The zero-order chi connectivity index (χ0) is 8.32. The summed E-state index contributed by atoms with van der Waals surface area (Å²) in [7, 11) is -3.53. The predicted octanol–water partition coefficient (Wildman–Crippen LogP) is 2.58. The Hall–Kier alpha value is -0.620. The molecule has 0 heterocycles. The maximum atomic E-state index is 13.1. The Morgan fingerprint density at radius 2 is 1.91 bits per heavy atom. The third-order valence-corrected chi connectivity index (χ3v) is 3.43. The van der Waals surface area contributed by atoms with E-state index in [4.69, 9.17) is 0 Å². The number of rotatable bonds is 2. The van der Waals surface area contributed by atoms with Crippen molar-refractivity contribution in [3.63, 3.8) is 0 Å². The van der Waals surface area contributed by atoms with Gasteiger partial charge in [0.05, 0.1) is 0 Å². The minimum Gasteiger partial charge on any atom is -0.283 e. The highest BCUT2D eigenvalue weighted by Crippen LogP contribution is 2.45. The fraction of sp³-hybridized carbons (Fsp3) is 0.250. The van der Waals surface area contributed by atoms with Crippen LogP contribution in [0.2, 0.25) is 0 Å². The van der Waals surface area contributed by atoms with Crippen LogP contribution in [-0.2, 0) is 4.57 Å². The monoisotopic (exact) mass is 172 g/mol. The first kappa shape index (κ1) is 8.48. The van der Waals surface area contributed by atoms with Crippen LogP contribution in [-0.4, -0.2) is 6.16 Å². The van der Waals surface area contributed by atoms with E-state index in [0.717, 1.165) is 0 Å². The van der Waals surface area contributed by atoms with E-state index in [1.54, 1.807) is 37.3 Å². The lowest BCUT2D eigenvalue weighted by atomic mass is 10.4. The standard InChI is InChI=1S/C8H10FOP/c1-2-11(9,10)8-6-4-3-5-7-8/h3-7H,2H2,1H3. The van der Waals surface area contributed by atoms with Gasteiger partial charge in [-0.2, -0.15) is 4.20 Å². The molecular formula is C8H10FOP. The summed E-state index contributed by atoms with van der Waals surface area (Å²) < 4.78 is 24.2. The molecule has 3 heteroatoms. The summed E-state index contributed by atoms with van der Waals surface area (Å²) in [5.74, 6) is 0. The van der Waals surface area contributed by atoms with Crippen molar-refractivity contribution >= 4 is 12.8 Å². The molecule has 0 aromatic heterocycles. The first-order chi connectivity index (χ1) is 5.17. The van der Waals surface area contributed by atoms with Crippen LogP contribution in [0.3, 0.4) is 0 Å². The molecule has 0 fully saturated rings. The summed E-state index contributed by atoms with van der Waals surface area (Å²) in [6.07, 6.45) is 0.0804. The second-order valence-corrected chi connectivity index (χ2v) is 4.76. The zero-order valence-corrected chi connectivity index (χ0v) is 7.22. The van der Waals surface area contributed by atoms with Crippen LogP contribution in [0.25, 0.3) is 0 Å². The lowest BCUT2D eigenvalue weighted by Crippen LogP contribution is -2.01. The van der Waals surface area contributed by atoms with Crippen LogP contribution >= 0.6 is 7.45 Å². The second kappa shape index (κ2) is 3.19. The van der Waals surface area contributed by atoms with E-state index in [2.05, 4.69) is 0 Å². The minimum absolute atomic E-state index is 0.0804. The van der Waals surface area contributed by atoms with Crippen molar-refractivity contribution in [1.82, 2.24) is 0 Å². The molecule has 0 N–H and O–H groups in total. The Labute approximate surface area is 65.7 Å². The van der Waals surface area contributed by atoms with Crippen LogP contribution in [0.4, 0.5) is 4.20 Å². The average molecular weight is 172 g/mol. The maximum Gasteiger partial charge on any atom is 0.271 e. The van der Waals surface area contributed by atoms with Crippen LogP contribution in [0, 0.1) is 0 Å². The van der Waals surface area contributed by atoms with Gasteiger partial charge in [0.15, 0.2) is 0 Å². The van der Waals surface area contributed by atoms with E-state index in [0.29, 0.717) is 5.30 Å². The Balaban J connectivity index is 3.03. The highest BCUT2D eigenvalue weighted by Gasteiger charge is 2.19. The Bertz CT molecular complexity index is 271. The normalized spacial score (nSPS) is 15.8. The lowest BCUT2D eigenvalue weighted by Gasteiger charge is -2.04. The summed E-state index contributed by atoms with van der Waals surface area (Å²) in [6.45, 7) is 1.59. The highest BCUT2D eigenvalue weighted by molar-refractivity contribution is 7.66. The van der Waals surface area contributed by atoms with E-state index in [-0.39, 0.29) is 6.16 Å². The third kappa shape index (κ3) is 1.90. The van der Waals surface area contributed by atoms with Crippen molar-refractivity contribution in [3.05, 3.63) is 30.3 Å². The molecule has 0 saturated heterocycles. The molecule has 1 rings (SSSR count). The summed E-state index contributed by atoms with van der Waals surface area (Å²) in [4.78, 5) is 0. The van der Waals surface area contributed by atoms with Gasteiger partial charge in [0.2, 0.25) is 0 Å². The van der Waals surface area contributed by atoms with E-state index in [9.17, 15) is 8.76 Å². The average Bonchev–Trinajstić information content (AvgIpc) is 2.06. The highest BCUT2D eigenvalue weighted by atomic mass is 31.2. The van der Waals surface area contributed by atoms with Crippen LogP contribution in [0.1, 0.15) is 6.92 Å². The summed E-state index contributed by atoms with van der Waals surface area (Å²) in [5, 5.41) is 0.322. The molecule has 0 aliphatic rings. The van der Waals surface area contributed by atoms with E-state index in [1.165, 1.54) is 0 Å². The lowest BCUT2D eigenvalue weighted by molar-refractivity contribution is 0.550. The topological polar surface area (TPSA) is 17.1 Å².